The van der Waals surface area contributed by atoms with Crippen molar-refractivity contribution in [2.45, 2.75) is 9.79 Å². The van der Waals surface area contributed by atoms with E-state index in [1.807, 2.05) is 36.4 Å². The van der Waals surface area contributed by atoms with Crippen molar-refractivity contribution in [3.63, 3.8) is 0 Å². The highest BCUT2D eigenvalue weighted by molar-refractivity contribution is 7.99. The van der Waals surface area contributed by atoms with E-state index in [2.05, 4.69) is 0 Å². The number of hydrogen-bond acceptors (Lipinski definition) is 4. The lowest BCUT2D eigenvalue weighted by Gasteiger charge is -2.12. The predicted octanol–water partition coefficient (Wildman–Crippen LogP) is 1.97. The van der Waals surface area contributed by atoms with E-state index < -0.39 is 11.1 Å². The third-order valence-electron chi connectivity index (χ3n) is 3.59. The molecule has 5 nitrogen and oxygen atoms in total. The van der Waals surface area contributed by atoms with Gasteiger partial charge in [-0.3, -0.25) is 9.59 Å². The molecule has 2 aromatic carbocycles. The van der Waals surface area contributed by atoms with Crippen LogP contribution in [-0.2, 0) is 14.1 Å². The van der Waals surface area contributed by atoms with Gasteiger partial charge in [0.1, 0.15) is 0 Å². The summed E-state index contributed by atoms with van der Waals surface area (Å²) in [5, 5.41) is 0. The number of anilines is 1. The monoisotopic (exact) mass is 313 g/mol. The van der Waals surface area contributed by atoms with E-state index in [0.717, 1.165) is 9.79 Å². The lowest BCUT2D eigenvalue weighted by Crippen LogP contribution is -2.39. The summed E-state index contributed by atoms with van der Waals surface area (Å²) in [6.45, 7) is 0. The summed E-state index contributed by atoms with van der Waals surface area (Å²) in [5.74, 6) is 0. The molecule has 112 valence electrons. The van der Waals surface area contributed by atoms with Crippen molar-refractivity contribution < 1.29 is 0 Å². The maximum Gasteiger partial charge on any atom is 0.316 e. The molecule has 0 fully saturated rings. The molecule has 0 aliphatic rings. The first-order valence-electron chi connectivity index (χ1n) is 6.71. The molecule has 0 atom stereocenters. The number of nitrogens with zero attached hydrogens (tertiary/aromatic N) is 2. The Morgan fingerprint density at radius 1 is 0.909 bits per heavy atom. The van der Waals surface area contributed by atoms with Crippen LogP contribution < -0.4 is 16.9 Å². The largest absolute Gasteiger partial charge is 0.398 e. The van der Waals surface area contributed by atoms with Crippen LogP contribution in [0, 0.1) is 0 Å². The number of rotatable bonds is 2. The number of hydrogen-bond donors (Lipinski definition) is 1. The zero-order chi connectivity index (χ0) is 15.9. The van der Waals surface area contributed by atoms with Crippen LogP contribution in [-0.4, -0.2) is 9.13 Å². The Hall–Kier alpha value is -2.47. The fourth-order valence-corrected chi connectivity index (χ4v) is 3.22. The molecule has 6 heteroatoms. The fourth-order valence-electron chi connectivity index (χ4n) is 2.32. The van der Waals surface area contributed by atoms with E-state index in [1.165, 1.54) is 20.9 Å². The Morgan fingerprint density at radius 3 is 2.05 bits per heavy atom. The predicted molar refractivity (Wildman–Crippen MR) is 89.4 cm³/mol. The first kappa shape index (κ1) is 14.5. The highest BCUT2D eigenvalue weighted by atomic mass is 32.2. The van der Waals surface area contributed by atoms with Gasteiger partial charge in [-0.15, -0.1) is 0 Å². The van der Waals surface area contributed by atoms with Crippen molar-refractivity contribution in [1.82, 2.24) is 9.13 Å². The topological polar surface area (TPSA) is 70.0 Å². The Balaban J connectivity index is 2.24. The summed E-state index contributed by atoms with van der Waals surface area (Å²) in [6.07, 6.45) is 0. The lowest BCUT2D eigenvalue weighted by molar-refractivity contribution is 0.798. The molecule has 0 spiro atoms. The molecular weight excluding hydrogens is 298 g/mol. The zero-order valence-corrected chi connectivity index (χ0v) is 13.1. The number of nitrogens with two attached hydrogens (primary N) is 1. The normalized spacial score (nSPS) is 11.0. The molecule has 2 N–H and O–H groups in total. The van der Waals surface area contributed by atoms with Gasteiger partial charge >= 0.3 is 11.1 Å². The van der Waals surface area contributed by atoms with E-state index >= 15 is 0 Å². The minimum absolute atomic E-state index is 0.546. The average Bonchev–Trinajstić information content (AvgIpc) is 2.53. The van der Waals surface area contributed by atoms with Crippen LogP contribution in [0.2, 0.25) is 0 Å². The first-order valence-corrected chi connectivity index (χ1v) is 7.53. The van der Waals surface area contributed by atoms with Gasteiger partial charge in [0.15, 0.2) is 0 Å². The fraction of sp³-hybridized carbons (Fsp3) is 0.125. The molecule has 0 amide bonds. The second-order valence-electron chi connectivity index (χ2n) is 5.02. The van der Waals surface area contributed by atoms with Gasteiger partial charge < -0.3 is 14.9 Å². The van der Waals surface area contributed by atoms with Gasteiger partial charge in [-0.25, -0.2) is 0 Å². The number of benzene rings is 2. The standard InChI is InChI=1S/C16H15N3O2S/c1-18-12-8-11(17)14(22-10-6-4-3-5-7-10)9-13(12)19(2)16(21)15(18)20/h3-9H,17H2,1-2H3. The molecule has 0 aliphatic carbocycles. The number of aryl methyl sites for hydroxylation is 2. The molecule has 22 heavy (non-hydrogen) atoms. The van der Waals surface area contributed by atoms with Gasteiger partial charge in [0.25, 0.3) is 0 Å². The Kier molecular flexibility index (Phi) is 3.54. The van der Waals surface area contributed by atoms with Crippen LogP contribution in [0.4, 0.5) is 5.69 Å². The summed E-state index contributed by atoms with van der Waals surface area (Å²) in [6, 6.07) is 13.4. The van der Waals surface area contributed by atoms with Crippen molar-refractivity contribution in [3.05, 3.63) is 63.2 Å². The molecule has 3 aromatic rings. The van der Waals surface area contributed by atoms with Crippen LogP contribution in [0.25, 0.3) is 11.0 Å². The second-order valence-corrected chi connectivity index (χ2v) is 6.14. The van der Waals surface area contributed by atoms with Gasteiger partial charge in [0.05, 0.1) is 11.0 Å². The highest BCUT2D eigenvalue weighted by Gasteiger charge is 2.12. The van der Waals surface area contributed by atoms with Crippen molar-refractivity contribution in [2.24, 2.45) is 14.1 Å². The molecular formula is C16H15N3O2S. The van der Waals surface area contributed by atoms with Crippen LogP contribution in [0.3, 0.4) is 0 Å². The highest BCUT2D eigenvalue weighted by Crippen LogP contribution is 2.34. The smallest absolute Gasteiger partial charge is 0.316 e. The van der Waals surface area contributed by atoms with Crippen LogP contribution in [0.5, 0.6) is 0 Å². The van der Waals surface area contributed by atoms with Crippen LogP contribution in [0.1, 0.15) is 0 Å². The van der Waals surface area contributed by atoms with Crippen molar-refractivity contribution >= 4 is 28.5 Å². The van der Waals surface area contributed by atoms with Crippen molar-refractivity contribution in [1.29, 1.82) is 0 Å². The maximum absolute atomic E-state index is 11.9. The van der Waals surface area contributed by atoms with E-state index in [9.17, 15) is 9.59 Å². The SMILES string of the molecule is Cn1c(=O)c(=O)n(C)c2cc(Sc3ccccc3)c(N)cc21. The Bertz CT molecular complexity index is 975. The van der Waals surface area contributed by atoms with Gasteiger partial charge in [0.2, 0.25) is 0 Å². The van der Waals surface area contributed by atoms with Gasteiger partial charge in [0, 0.05) is 29.6 Å². The van der Waals surface area contributed by atoms with Crippen LogP contribution in [0.15, 0.2) is 61.8 Å². The van der Waals surface area contributed by atoms with E-state index in [0.29, 0.717) is 16.7 Å². The summed E-state index contributed by atoms with van der Waals surface area (Å²) in [7, 11) is 3.18. The van der Waals surface area contributed by atoms with E-state index in [-0.39, 0.29) is 0 Å². The van der Waals surface area contributed by atoms with Crippen LogP contribution >= 0.6 is 11.8 Å². The minimum atomic E-state index is -0.558. The molecule has 1 heterocycles. The van der Waals surface area contributed by atoms with E-state index in [1.54, 1.807) is 20.2 Å². The molecule has 0 radical (unpaired) electrons. The number of aromatic nitrogens is 2. The molecule has 0 aliphatic heterocycles. The van der Waals surface area contributed by atoms with Crippen molar-refractivity contribution in [2.75, 3.05) is 5.73 Å². The molecule has 0 saturated heterocycles. The maximum atomic E-state index is 11.9. The molecule has 0 bridgehead atoms. The lowest BCUT2D eigenvalue weighted by atomic mass is 10.2. The molecule has 3 rings (SSSR count). The number of fused-ring (bicyclic) bond motifs is 1. The van der Waals surface area contributed by atoms with Gasteiger partial charge in [-0.2, -0.15) is 0 Å². The van der Waals surface area contributed by atoms with Gasteiger partial charge in [-0.1, -0.05) is 30.0 Å². The third-order valence-corrected chi connectivity index (χ3v) is 4.67. The third kappa shape index (κ3) is 2.31. The first-order chi connectivity index (χ1) is 10.5. The number of nitrogen functional groups attached to an aromatic ring is 1. The zero-order valence-electron chi connectivity index (χ0n) is 12.2. The summed E-state index contributed by atoms with van der Waals surface area (Å²) in [4.78, 5) is 25.7. The second kappa shape index (κ2) is 5.38. The average molecular weight is 313 g/mol. The summed E-state index contributed by atoms with van der Waals surface area (Å²) >= 11 is 1.53. The Labute approximate surface area is 131 Å². The summed E-state index contributed by atoms with van der Waals surface area (Å²) < 4.78 is 2.71. The molecule has 0 unspecified atom stereocenters. The van der Waals surface area contributed by atoms with Crippen molar-refractivity contribution in [3.8, 4) is 0 Å². The Morgan fingerprint density at radius 2 is 1.45 bits per heavy atom. The molecule has 0 saturated carbocycles. The van der Waals surface area contributed by atoms with E-state index in [4.69, 9.17) is 5.73 Å². The van der Waals surface area contributed by atoms with Gasteiger partial charge in [-0.05, 0) is 24.3 Å². The minimum Gasteiger partial charge on any atom is -0.398 e. The quantitative estimate of drug-likeness (QED) is 0.580. The molecule has 1 aromatic heterocycles. The summed E-state index contributed by atoms with van der Waals surface area (Å²) in [5.41, 5.74) is 6.91.